The lowest BCUT2D eigenvalue weighted by atomic mass is 10.1. The Kier molecular flexibility index (Phi) is 4.70. The minimum absolute atomic E-state index is 0.0203. The molecule has 1 N–H and O–H groups in total. The van der Waals surface area contributed by atoms with E-state index >= 15 is 0 Å². The van der Waals surface area contributed by atoms with Gasteiger partial charge in [0.05, 0.1) is 4.90 Å². The van der Waals surface area contributed by atoms with Gasteiger partial charge in [-0.2, -0.15) is 4.31 Å². The number of hydrogen-bond donors (Lipinski definition) is 1. The molecule has 118 valence electrons. The standard InChI is InChI=1S/C15H23FN2O2S/c1-10-7-14(8-13(9-17-3)15(10)16)21(19,20)18(4)11(2)12-5-6-12/h7-8,11-12,17H,5-6,9H2,1-4H3. The van der Waals surface area contributed by atoms with E-state index in [0.29, 0.717) is 23.6 Å². The van der Waals surface area contributed by atoms with Crippen LogP contribution in [0.25, 0.3) is 0 Å². The van der Waals surface area contributed by atoms with Crippen molar-refractivity contribution >= 4 is 10.0 Å². The van der Waals surface area contributed by atoms with Gasteiger partial charge in [-0.1, -0.05) is 0 Å². The van der Waals surface area contributed by atoms with Crippen LogP contribution in [0, 0.1) is 18.7 Å². The first-order valence-electron chi connectivity index (χ1n) is 7.20. The Morgan fingerprint density at radius 1 is 1.43 bits per heavy atom. The predicted octanol–water partition coefficient (Wildman–Crippen LogP) is 2.27. The largest absolute Gasteiger partial charge is 0.316 e. The minimum atomic E-state index is -3.58. The minimum Gasteiger partial charge on any atom is -0.316 e. The molecule has 1 aromatic rings. The molecule has 0 aliphatic heterocycles. The first-order valence-corrected chi connectivity index (χ1v) is 8.64. The van der Waals surface area contributed by atoms with Crippen LogP contribution in [0.4, 0.5) is 4.39 Å². The summed E-state index contributed by atoms with van der Waals surface area (Å²) in [6, 6.07) is 2.83. The van der Waals surface area contributed by atoms with Crippen LogP contribution in [0.3, 0.4) is 0 Å². The molecule has 1 aliphatic rings. The highest BCUT2D eigenvalue weighted by Crippen LogP contribution is 2.36. The van der Waals surface area contributed by atoms with E-state index in [1.165, 1.54) is 16.4 Å². The van der Waals surface area contributed by atoms with Gasteiger partial charge in [0, 0.05) is 25.2 Å². The molecule has 6 heteroatoms. The van der Waals surface area contributed by atoms with E-state index in [-0.39, 0.29) is 16.8 Å². The SMILES string of the molecule is CNCc1cc(S(=O)(=O)N(C)C(C)C2CC2)cc(C)c1F. The van der Waals surface area contributed by atoms with Crippen molar-refractivity contribution in [3.8, 4) is 0 Å². The number of aryl methyl sites for hydroxylation is 1. The van der Waals surface area contributed by atoms with Crippen molar-refractivity contribution in [2.24, 2.45) is 5.92 Å². The van der Waals surface area contributed by atoms with Crippen LogP contribution in [0.5, 0.6) is 0 Å². The van der Waals surface area contributed by atoms with Crippen molar-refractivity contribution in [1.82, 2.24) is 9.62 Å². The number of nitrogens with one attached hydrogen (secondary N) is 1. The molecule has 21 heavy (non-hydrogen) atoms. The molecule has 2 rings (SSSR count). The quantitative estimate of drug-likeness (QED) is 0.876. The Labute approximate surface area is 126 Å². The van der Waals surface area contributed by atoms with Gasteiger partial charge >= 0.3 is 0 Å². The van der Waals surface area contributed by atoms with E-state index in [4.69, 9.17) is 0 Å². The fourth-order valence-corrected chi connectivity index (χ4v) is 4.09. The van der Waals surface area contributed by atoms with Gasteiger partial charge in [0.15, 0.2) is 0 Å². The van der Waals surface area contributed by atoms with E-state index in [2.05, 4.69) is 5.32 Å². The lowest BCUT2D eigenvalue weighted by Crippen LogP contribution is -2.36. The lowest BCUT2D eigenvalue weighted by molar-refractivity contribution is 0.357. The Balaban J connectivity index is 2.39. The van der Waals surface area contributed by atoms with Crippen LogP contribution in [-0.2, 0) is 16.6 Å². The summed E-state index contributed by atoms with van der Waals surface area (Å²) < 4.78 is 40.8. The number of hydrogen-bond acceptors (Lipinski definition) is 3. The zero-order valence-electron chi connectivity index (χ0n) is 13.0. The summed E-state index contributed by atoms with van der Waals surface area (Å²) in [5, 5.41) is 2.86. The Hall–Kier alpha value is -0.980. The zero-order valence-corrected chi connectivity index (χ0v) is 13.8. The van der Waals surface area contributed by atoms with Gasteiger partial charge in [0.1, 0.15) is 5.82 Å². The zero-order chi connectivity index (χ0) is 15.8. The van der Waals surface area contributed by atoms with Crippen molar-refractivity contribution in [1.29, 1.82) is 0 Å². The molecule has 1 aromatic carbocycles. The maximum absolute atomic E-state index is 14.0. The number of benzene rings is 1. The van der Waals surface area contributed by atoms with E-state index in [9.17, 15) is 12.8 Å². The second-order valence-electron chi connectivity index (χ2n) is 5.84. The lowest BCUT2D eigenvalue weighted by Gasteiger charge is -2.24. The molecule has 0 aromatic heterocycles. The summed E-state index contributed by atoms with van der Waals surface area (Å²) in [5.41, 5.74) is 0.734. The van der Waals surface area contributed by atoms with Crippen LogP contribution in [-0.4, -0.2) is 32.9 Å². The highest BCUT2D eigenvalue weighted by Gasteiger charge is 2.36. The van der Waals surface area contributed by atoms with Gasteiger partial charge in [-0.05, 0) is 57.4 Å². The van der Waals surface area contributed by atoms with Gasteiger partial charge in [0.2, 0.25) is 10.0 Å². The molecule has 0 spiro atoms. The molecular weight excluding hydrogens is 291 g/mol. The number of rotatable bonds is 6. The molecule has 0 saturated heterocycles. The number of nitrogens with zero attached hydrogens (tertiary/aromatic N) is 1. The fourth-order valence-electron chi connectivity index (χ4n) is 2.54. The van der Waals surface area contributed by atoms with E-state index in [1.807, 2.05) is 6.92 Å². The first kappa shape index (κ1) is 16.4. The summed E-state index contributed by atoms with van der Waals surface area (Å²) in [4.78, 5) is 0.168. The van der Waals surface area contributed by atoms with Crippen molar-refractivity contribution in [2.75, 3.05) is 14.1 Å². The van der Waals surface area contributed by atoms with Crippen LogP contribution in [0.1, 0.15) is 30.9 Å². The molecule has 1 fully saturated rings. The average molecular weight is 314 g/mol. The second-order valence-corrected chi connectivity index (χ2v) is 7.84. The molecule has 0 heterocycles. The van der Waals surface area contributed by atoms with Gasteiger partial charge in [-0.3, -0.25) is 0 Å². The maximum atomic E-state index is 14.0. The third-order valence-corrected chi connectivity index (χ3v) is 6.15. The Bertz CT molecular complexity index is 627. The molecule has 1 aliphatic carbocycles. The van der Waals surface area contributed by atoms with Gasteiger partial charge in [-0.25, -0.2) is 12.8 Å². The van der Waals surface area contributed by atoms with E-state index in [0.717, 1.165) is 12.8 Å². The summed E-state index contributed by atoms with van der Waals surface area (Å²) in [5.74, 6) is 0.101. The molecule has 4 nitrogen and oxygen atoms in total. The smallest absolute Gasteiger partial charge is 0.243 e. The number of halogens is 1. The monoisotopic (exact) mass is 314 g/mol. The van der Waals surface area contributed by atoms with E-state index in [1.54, 1.807) is 21.0 Å². The molecule has 0 amide bonds. The van der Waals surface area contributed by atoms with Gasteiger partial charge < -0.3 is 5.32 Å². The van der Waals surface area contributed by atoms with Crippen LogP contribution >= 0.6 is 0 Å². The molecule has 1 unspecified atom stereocenters. The average Bonchev–Trinajstić information content (AvgIpc) is 3.26. The normalized spacial score (nSPS) is 17.2. The maximum Gasteiger partial charge on any atom is 0.243 e. The van der Waals surface area contributed by atoms with E-state index < -0.39 is 10.0 Å². The Morgan fingerprint density at radius 3 is 2.57 bits per heavy atom. The fraction of sp³-hybridized carbons (Fsp3) is 0.600. The summed E-state index contributed by atoms with van der Waals surface area (Å²) >= 11 is 0. The number of sulfonamides is 1. The highest BCUT2D eigenvalue weighted by atomic mass is 32.2. The molecule has 1 atom stereocenters. The van der Waals surface area contributed by atoms with Crippen molar-refractivity contribution in [3.05, 3.63) is 29.1 Å². The third-order valence-electron chi connectivity index (χ3n) is 4.23. The molecule has 0 bridgehead atoms. The van der Waals surface area contributed by atoms with Crippen LogP contribution in [0.2, 0.25) is 0 Å². The van der Waals surface area contributed by atoms with Crippen molar-refractivity contribution in [3.63, 3.8) is 0 Å². The topological polar surface area (TPSA) is 49.4 Å². The summed E-state index contributed by atoms with van der Waals surface area (Å²) in [6.45, 7) is 3.83. The van der Waals surface area contributed by atoms with Gasteiger partial charge in [-0.15, -0.1) is 0 Å². The third kappa shape index (κ3) is 3.27. The molecular formula is C15H23FN2O2S. The predicted molar refractivity (Wildman–Crippen MR) is 81.0 cm³/mol. The summed E-state index contributed by atoms with van der Waals surface area (Å²) in [6.07, 6.45) is 2.16. The second kappa shape index (κ2) is 6.02. The molecule has 1 saturated carbocycles. The summed E-state index contributed by atoms with van der Waals surface area (Å²) in [7, 11) is -0.273. The molecule has 0 radical (unpaired) electrons. The first-order chi connectivity index (χ1) is 9.78. The Morgan fingerprint density at radius 2 is 2.05 bits per heavy atom. The van der Waals surface area contributed by atoms with Gasteiger partial charge in [0.25, 0.3) is 0 Å². The van der Waals surface area contributed by atoms with Crippen LogP contribution < -0.4 is 5.32 Å². The van der Waals surface area contributed by atoms with Crippen LogP contribution in [0.15, 0.2) is 17.0 Å². The van der Waals surface area contributed by atoms with Crippen molar-refractivity contribution < 1.29 is 12.8 Å². The van der Waals surface area contributed by atoms with Crippen molar-refractivity contribution in [2.45, 2.75) is 44.2 Å². The highest BCUT2D eigenvalue weighted by molar-refractivity contribution is 7.89.